The molecule has 0 saturated heterocycles. The van der Waals surface area contributed by atoms with Crippen molar-refractivity contribution < 1.29 is 27.7 Å². The van der Waals surface area contributed by atoms with E-state index in [2.05, 4.69) is 9.88 Å². The van der Waals surface area contributed by atoms with E-state index in [9.17, 15) is 9.36 Å². The van der Waals surface area contributed by atoms with Gasteiger partial charge in [0.15, 0.2) is 0 Å². The van der Waals surface area contributed by atoms with Crippen LogP contribution in [0.1, 0.15) is 53.6 Å². The van der Waals surface area contributed by atoms with E-state index in [-0.39, 0.29) is 25.6 Å². The van der Waals surface area contributed by atoms with Crippen LogP contribution in [0.25, 0.3) is 10.9 Å². The number of aromatic nitrogens is 1. The number of ether oxygens (including phenoxy) is 1. The van der Waals surface area contributed by atoms with Gasteiger partial charge in [-0.2, -0.15) is 0 Å². The number of aryl methyl sites for hydroxylation is 2. The van der Waals surface area contributed by atoms with E-state index in [0.29, 0.717) is 11.5 Å². The second-order valence-electron chi connectivity index (χ2n) is 13.1. The molecule has 0 saturated carbocycles. The fraction of sp³-hybridized carbons (Fsp3) is 0.308. The van der Waals surface area contributed by atoms with Crippen molar-refractivity contribution in [3.63, 3.8) is 0 Å². The highest BCUT2D eigenvalue weighted by atomic mass is 31.2. The molecule has 0 fully saturated rings. The molecule has 0 aliphatic carbocycles. The van der Waals surface area contributed by atoms with Crippen LogP contribution in [0.3, 0.4) is 0 Å². The molecule has 0 aliphatic rings. The lowest BCUT2D eigenvalue weighted by molar-refractivity contribution is -0.135. The summed E-state index contributed by atoms with van der Waals surface area (Å²) in [6, 6.07) is 28.4. The van der Waals surface area contributed by atoms with Gasteiger partial charge in [-0.3, -0.25) is 13.8 Å². The van der Waals surface area contributed by atoms with Gasteiger partial charge >= 0.3 is 13.8 Å². The molecule has 0 radical (unpaired) electrons. The second kappa shape index (κ2) is 15.3. The molecule has 0 bridgehead atoms. The van der Waals surface area contributed by atoms with Crippen molar-refractivity contribution in [2.45, 2.75) is 59.2 Å². The highest BCUT2D eigenvalue weighted by Crippen LogP contribution is 2.53. The van der Waals surface area contributed by atoms with Gasteiger partial charge in [0.1, 0.15) is 11.5 Å². The van der Waals surface area contributed by atoms with Crippen molar-refractivity contribution >= 4 is 24.7 Å². The van der Waals surface area contributed by atoms with Gasteiger partial charge < -0.3 is 19.1 Å². The normalized spacial score (nSPS) is 12.1. The standard InChI is InChI=1S/C39H45N2O6P/c1-28-22-29(2)38(39(3,4)24-36(42)46-34-19-13-18-33-37(34)32(25-40-33)20-21-41(5)6)35(23-28)47-48(43,44-26-30-14-9-7-10-15-30)45-27-31-16-11-8-12-17-31/h7-19,22-23,25,40H,20-21,24,26-27H2,1-6H3. The summed E-state index contributed by atoms with van der Waals surface area (Å²) in [5.41, 5.74) is 5.42. The molecule has 1 aromatic heterocycles. The average molecular weight is 669 g/mol. The van der Waals surface area contributed by atoms with Crippen molar-refractivity contribution in [3.05, 3.63) is 131 Å². The Kier molecular flexibility index (Phi) is 11.2. The van der Waals surface area contributed by atoms with Crippen LogP contribution < -0.4 is 9.26 Å². The number of fused-ring (bicyclic) bond motifs is 1. The van der Waals surface area contributed by atoms with Gasteiger partial charge in [-0.1, -0.05) is 86.6 Å². The first-order chi connectivity index (χ1) is 22.9. The Labute approximate surface area is 283 Å². The number of carbonyl (C=O) groups is 1. The summed E-state index contributed by atoms with van der Waals surface area (Å²) >= 11 is 0. The van der Waals surface area contributed by atoms with Crippen molar-refractivity contribution in [3.8, 4) is 11.5 Å². The van der Waals surface area contributed by atoms with Crippen LogP contribution in [0.2, 0.25) is 0 Å². The third-order valence-corrected chi connectivity index (χ3v) is 9.49. The smallest absolute Gasteiger partial charge is 0.426 e. The molecule has 5 rings (SSSR count). The Morgan fingerprint density at radius 1 is 0.833 bits per heavy atom. The molecule has 0 unspecified atom stereocenters. The summed E-state index contributed by atoms with van der Waals surface area (Å²) in [6.07, 6.45) is 2.84. The Hall–Kier alpha value is -4.20. The summed E-state index contributed by atoms with van der Waals surface area (Å²) in [4.78, 5) is 19.1. The van der Waals surface area contributed by atoms with E-state index in [1.807, 2.05) is 139 Å². The fourth-order valence-corrected chi connectivity index (χ4v) is 7.17. The summed E-state index contributed by atoms with van der Waals surface area (Å²) in [5, 5.41) is 0.910. The summed E-state index contributed by atoms with van der Waals surface area (Å²) in [5.74, 6) is 0.476. The Morgan fingerprint density at radius 3 is 2.06 bits per heavy atom. The Balaban J connectivity index is 1.41. The molecule has 5 aromatic rings. The van der Waals surface area contributed by atoms with Crippen molar-refractivity contribution in [2.75, 3.05) is 20.6 Å². The number of nitrogens with zero attached hydrogens (tertiary/aromatic N) is 1. The van der Waals surface area contributed by atoms with Crippen LogP contribution in [0.15, 0.2) is 97.2 Å². The molecule has 0 atom stereocenters. The van der Waals surface area contributed by atoms with Gasteiger partial charge in [0.05, 0.1) is 19.6 Å². The molecule has 0 amide bonds. The molecular formula is C39H45N2O6P. The van der Waals surface area contributed by atoms with E-state index < -0.39 is 13.2 Å². The van der Waals surface area contributed by atoms with E-state index in [0.717, 1.165) is 57.2 Å². The monoisotopic (exact) mass is 668 g/mol. The number of hydrogen-bond donors (Lipinski definition) is 1. The minimum absolute atomic E-state index is 0.0317. The van der Waals surface area contributed by atoms with Gasteiger partial charge in [-0.05, 0) is 80.4 Å². The predicted molar refractivity (Wildman–Crippen MR) is 190 cm³/mol. The van der Waals surface area contributed by atoms with Crippen molar-refractivity contribution in [1.29, 1.82) is 0 Å². The third kappa shape index (κ3) is 9.03. The summed E-state index contributed by atoms with van der Waals surface area (Å²) in [6.45, 7) is 8.74. The number of nitrogens with one attached hydrogen (secondary N) is 1. The van der Waals surface area contributed by atoms with E-state index in [4.69, 9.17) is 18.3 Å². The van der Waals surface area contributed by atoms with Gasteiger partial charge in [-0.15, -0.1) is 0 Å². The minimum atomic E-state index is -4.16. The number of benzene rings is 4. The van der Waals surface area contributed by atoms with E-state index in [1.165, 1.54) is 0 Å². The zero-order valence-electron chi connectivity index (χ0n) is 28.6. The summed E-state index contributed by atoms with van der Waals surface area (Å²) in [7, 11) is -0.0915. The molecule has 48 heavy (non-hydrogen) atoms. The van der Waals surface area contributed by atoms with Crippen LogP contribution >= 0.6 is 7.82 Å². The first kappa shape index (κ1) is 35.1. The van der Waals surface area contributed by atoms with E-state index in [1.54, 1.807) is 0 Å². The van der Waals surface area contributed by atoms with Crippen LogP contribution in [0.5, 0.6) is 11.5 Å². The number of H-pyrrole nitrogens is 1. The van der Waals surface area contributed by atoms with Crippen molar-refractivity contribution in [2.24, 2.45) is 0 Å². The first-order valence-corrected chi connectivity index (χ1v) is 17.6. The Bertz CT molecular complexity index is 1840. The number of aromatic amines is 1. The number of rotatable bonds is 15. The lowest BCUT2D eigenvalue weighted by Gasteiger charge is -2.30. The lowest BCUT2D eigenvalue weighted by Crippen LogP contribution is -2.26. The van der Waals surface area contributed by atoms with Crippen LogP contribution in [-0.2, 0) is 43.5 Å². The maximum absolute atomic E-state index is 14.4. The number of esters is 1. The fourth-order valence-electron chi connectivity index (χ4n) is 5.99. The number of likely N-dealkylation sites (N-methyl/N-ethyl adjacent to an activating group) is 1. The van der Waals surface area contributed by atoms with Gasteiger partial charge in [0, 0.05) is 34.6 Å². The maximum Gasteiger partial charge on any atom is 0.530 e. The number of phosphoric acid groups is 1. The number of carbonyl (C=O) groups excluding carboxylic acids is 1. The van der Waals surface area contributed by atoms with Crippen LogP contribution in [0.4, 0.5) is 0 Å². The topological polar surface area (TPSA) is 90.1 Å². The third-order valence-electron chi connectivity index (χ3n) is 8.18. The molecule has 1 N–H and O–H groups in total. The largest absolute Gasteiger partial charge is 0.530 e. The predicted octanol–water partition coefficient (Wildman–Crippen LogP) is 9.08. The first-order valence-electron chi connectivity index (χ1n) is 16.2. The minimum Gasteiger partial charge on any atom is -0.426 e. The Morgan fingerprint density at radius 2 is 1.46 bits per heavy atom. The van der Waals surface area contributed by atoms with Crippen LogP contribution in [0, 0.1) is 13.8 Å². The maximum atomic E-state index is 14.4. The summed E-state index contributed by atoms with van der Waals surface area (Å²) < 4.78 is 38.6. The molecule has 4 aromatic carbocycles. The molecular weight excluding hydrogens is 623 g/mol. The van der Waals surface area contributed by atoms with Crippen LogP contribution in [-0.4, -0.2) is 36.5 Å². The molecule has 0 spiro atoms. The molecule has 252 valence electrons. The molecule has 1 heterocycles. The number of phosphoric ester groups is 1. The zero-order chi connectivity index (χ0) is 34.3. The van der Waals surface area contributed by atoms with Gasteiger partial charge in [0.25, 0.3) is 0 Å². The van der Waals surface area contributed by atoms with Gasteiger partial charge in [-0.25, -0.2) is 4.57 Å². The van der Waals surface area contributed by atoms with Gasteiger partial charge in [0.2, 0.25) is 0 Å². The number of hydrogen-bond acceptors (Lipinski definition) is 7. The van der Waals surface area contributed by atoms with Crippen molar-refractivity contribution in [1.82, 2.24) is 9.88 Å². The quantitative estimate of drug-likeness (QED) is 0.0676. The molecule has 0 aliphatic heterocycles. The van der Waals surface area contributed by atoms with E-state index >= 15 is 0 Å². The second-order valence-corrected chi connectivity index (χ2v) is 14.7. The molecule has 8 nitrogen and oxygen atoms in total. The average Bonchev–Trinajstić information content (AvgIpc) is 3.46. The lowest BCUT2D eigenvalue weighted by atomic mass is 9.78. The SMILES string of the molecule is Cc1cc(C)c(C(C)(C)CC(=O)Oc2cccc3[nH]cc(CCN(C)C)c23)c(OP(=O)(OCc2ccccc2)OCc2ccccc2)c1. The molecule has 9 heteroatoms. The zero-order valence-corrected chi connectivity index (χ0v) is 29.5. The highest BCUT2D eigenvalue weighted by molar-refractivity contribution is 7.48. The highest BCUT2D eigenvalue weighted by Gasteiger charge is 2.36.